The second kappa shape index (κ2) is 12.4. The van der Waals surface area contributed by atoms with Crippen LogP contribution in [0, 0.1) is 29.1 Å². The zero-order chi connectivity index (χ0) is 33.0. The molecule has 0 radical (unpaired) electrons. The molecule has 1 saturated carbocycles. The van der Waals surface area contributed by atoms with Crippen LogP contribution in [0.25, 0.3) is 0 Å². The van der Waals surface area contributed by atoms with Crippen LogP contribution in [0.4, 0.5) is 4.79 Å². The van der Waals surface area contributed by atoms with E-state index in [1.807, 2.05) is 33.8 Å². The number of aliphatic hydroxyl groups excluding tert-OH is 1. The first kappa shape index (κ1) is 32.7. The zero-order valence-electron chi connectivity index (χ0n) is 27.3. The van der Waals surface area contributed by atoms with E-state index in [0.717, 1.165) is 5.57 Å². The zero-order valence-corrected chi connectivity index (χ0v) is 27.3. The van der Waals surface area contributed by atoms with E-state index in [2.05, 4.69) is 17.1 Å². The number of amides is 1. The van der Waals surface area contributed by atoms with Crippen molar-refractivity contribution in [3.05, 3.63) is 47.8 Å². The summed E-state index contributed by atoms with van der Waals surface area (Å²) in [6.45, 7) is 11.3. The minimum atomic E-state index is -1.03. The standard InChI is InChI=1S/C34H46N2O10/c1-18-16-19(2)34-22(17-24(41-6)31(39)44-26(18)21(4)43-32(40)36-12-14-42-15-13-36)9-10-33(5)28(34)25(37)20(3)27(29(33)46-34)45-30(38)23-8-7-11-35-23/h7-11,16,18,20-22,24-29,35,37H,12-15,17H2,1-6H3/b19-16+/t18-,20-,21-,22-,24+,25-,26+,27-,28-,29+,33-,34+/m1/s1. The molecule has 4 heterocycles. The number of carbonyl (C=O) groups is 3. The maximum atomic E-state index is 13.7. The van der Waals surface area contributed by atoms with Gasteiger partial charge < -0.3 is 43.4 Å². The second-order valence-electron chi connectivity index (χ2n) is 13.7. The molecular formula is C34H46N2O10. The molecule has 12 heteroatoms. The molecule has 1 aromatic heterocycles. The van der Waals surface area contributed by atoms with Gasteiger partial charge >= 0.3 is 18.0 Å². The van der Waals surface area contributed by atoms with Crippen molar-refractivity contribution in [3.63, 3.8) is 0 Å². The number of cyclic esters (lactones) is 1. The molecule has 2 saturated heterocycles. The van der Waals surface area contributed by atoms with Gasteiger partial charge in [0.2, 0.25) is 0 Å². The summed E-state index contributed by atoms with van der Waals surface area (Å²) in [5.41, 5.74) is -0.521. The molecule has 1 amide bonds. The Hall–Kier alpha value is -3.19. The topological polar surface area (TPSA) is 146 Å². The number of rotatable bonds is 5. The third-order valence-corrected chi connectivity index (χ3v) is 11.0. The summed E-state index contributed by atoms with van der Waals surface area (Å²) in [6, 6.07) is 3.37. The predicted octanol–water partition coefficient (Wildman–Crippen LogP) is 3.27. The summed E-state index contributed by atoms with van der Waals surface area (Å²) in [5.74, 6) is -2.67. The number of aliphatic hydroxyl groups is 1. The lowest BCUT2D eigenvalue weighted by molar-refractivity contribution is -0.172. The van der Waals surface area contributed by atoms with E-state index in [1.165, 1.54) is 7.11 Å². The molecule has 1 aromatic rings. The Kier molecular flexibility index (Phi) is 8.86. The summed E-state index contributed by atoms with van der Waals surface area (Å²) >= 11 is 0. The highest BCUT2D eigenvalue weighted by molar-refractivity contribution is 5.87. The first-order valence-electron chi connectivity index (χ1n) is 16.3. The maximum Gasteiger partial charge on any atom is 0.410 e. The summed E-state index contributed by atoms with van der Waals surface area (Å²) in [4.78, 5) is 44.2. The van der Waals surface area contributed by atoms with Crippen molar-refractivity contribution in [2.75, 3.05) is 33.4 Å². The fraction of sp³-hybridized carbons (Fsp3) is 0.676. The van der Waals surface area contributed by atoms with Gasteiger partial charge in [-0.3, -0.25) is 0 Å². The number of esters is 2. The highest BCUT2D eigenvalue weighted by Crippen LogP contribution is 2.66. The fourth-order valence-electron chi connectivity index (χ4n) is 8.57. The Labute approximate surface area is 269 Å². The summed E-state index contributed by atoms with van der Waals surface area (Å²) < 4.78 is 36.2. The van der Waals surface area contributed by atoms with Crippen molar-refractivity contribution in [1.29, 1.82) is 0 Å². The number of hydrogen-bond acceptors (Lipinski definition) is 10. The molecule has 3 fully saturated rings. The van der Waals surface area contributed by atoms with Crippen molar-refractivity contribution in [2.24, 2.45) is 29.1 Å². The maximum absolute atomic E-state index is 13.7. The van der Waals surface area contributed by atoms with Crippen LogP contribution in [0.3, 0.4) is 0 Å². The summed E-state index contributed by atoms with van der Waals surface area (Å²) in [5, 5.41) is 12.1. The quantitative estimate of drug-likeness (QED) is 0.279. The van der Waals surface area contributed by atoms with Crippen molar-refractivity contribution < 1.29 is 47.9 Å². The first-order chi connectivity index (χ1) is 21.9. The molecular weight excluding hydrogens is 596 g/mol. The number of ether oxygens (including phenoxy) is 6. The molecule has 0 unspecified atom stereocenters. The molecule has 12 nitrogen and oxygen atoms in total. The van der Waals surface area contributed by atoms with Gasteiger partial charge in [-0.1, -0.05) is 39.0 Å². The van der Waals surface area contributed by atoms with Crippen molar-refractivity contribution in [3.8, 4) is 0 Å². The lowest BCUT2D eigenvalue weighted by atomic mass is 9.51. The van der Waals surface area contributed by atoms with Gasteiger partial charge in [0.15, 0.2) is 6.10 Å². The van der Waals surface area contributed by atoms with Crippen LogP contribution in [0.15, 0.2) is 42.1 Å². The van der Waals surface area contributed by atoms with Gasteiger partial charge in [-0.15, -0.1) is 0 Å². The lowest BCUT2D eigenvalue weighted by Gasteiger charge is -2.53. The van der Waals surface area contributed by atoms with Gasteiger partial charge in [0.05, 0.1) is 19.3 Å². The Morgan fingerprint density at radius 3 is 2.63 bits per heavy atom. The monoisotopic (exact) mass is 642 g/mol. The molecule has 2 N–H and O–H groups in total. The number of nitrogens with one attached hydrogen (secondary N) is 1. The molecule has 6 rings (SSSR count). The van der Waals surface area contributed by atoms with E-state index >= 15 is 0 Å². The molecule has 4 bridgehead atoms. The van der Waals surface area contributed by atoms with Gasteiger partial charge in [0.1, 0.15) is 35.7 Å². The van der Waals surface area contributed by atoms with Crippen LogP contribution < -0.4 is 0 Å². The molecule has 5 aliphatic rings. The fourth-order valence-corrected chi connectivity index (χ4v) is 8.57. The van der Waals surface area contributed by atoms with Gasteiger partial charge in [-0.2, -0.15) is 0 Å². The molecule has 3 aliphatic heterocycles. The lowest BCUT2D eigenvalue weighted by Crippen LogP contribution is -2.61. The van der Waals surface area contributed by atoms with Crippen LogP contribution in [0.1, 0.15) is 51.5 Å². The van der Waals surface area contributed by atoms with Gasteiger partial charge in [-0.25, -0.2) is 14.4 Å². The van der Waals surface area contributed by atoms with Crippen LogP contribution in [-0.4, -0.2) is 109 Å². The number of hydrogen-bond donors (Lipinski definition) is 2. The average Bonchev–Trinajstić information content (AvgIpc) is 3.62. The molecule has 1 spiro atoms. The van der Waals surface area contributed by atoms with E-state index in [4.69, 9.17) is 28.4 Å². The second-order valence-corrected chi connectivity index (χ2v) is 13.7. The van der Waals surface area contributed by atoms with E-state index in [1.54, 1.807) is 30.2 Å². The van der Waals surface area contributed by atoms with Crippen LogP contribution in [-0.2, 0) is 33.2 Å². The van der Waals surface area contributed by atoms with E-state index < -0.39 is 83.4 Å². The number of nitrogens with zero attached hydrogens (tertiary/aromatic N) is 1. The number of aromatic amines is 1. The summed E-state index contributed by atoms with van der Waals surface area (Å²) in [7, 11) is 1.46. The Morgan fingerprint density at radius 1 is 1.22 bits per heavy atom. The van der Waals surface area contributed by atoms with Gasteiger partial charge in [0.25, 0.3) is 0 Å². The SMILES string of the molecule is CO[C@H]1C[C@H]2C=C[C@]3(C)[C@H]4[C@H](O)[C@@H](C)[C@@H](OC(=O)c5ccc[nH]5)[C@@H]3O[C@@]24/C(C)=C/[C@@H](C)[C@@H]([C@@H](C)OC(=O)N2CCOCC2)OC1=O. The smallest absolute Gasteiger partial charge is 0.410 e. The van der Waals surface area contributed by atoms with Crippen molar-refractivity contribution in [1.82, 2.24) is 9.88 Å². The third-order valence-electron chi connectivity index (χ3n) is 11.0. The third kappa shape index (κ3) is 5.27. The molecule has 46 heavy (non-hydrogen) atoms. The Balaban J connectivity index is 1.36. The van der Waals surface area contributed by atoms with Crippen LogP contribution in [0.2, 0.25) is 0 Å². The van der Waals surface area contributed by atoms with E-state index in [-0.39, 0.29) is 12.3 Å². The number of morpholine rings is 1. The Bertz CT molecular complexity index is 1370. The van der Waals surface area contributed by atoms with Crippen LogP contribution in [0.5, 0.6) is 0 Å². The average molecular weight is 643 g/mol. The van der Waals surface area contributed by atoms with E-state index in [9.17, 15) is 19.5 Å². The normalized spacial score (nSPS) is 42.2. The minimum absolute atomic E-state index is 0.230. The van der Waals surface area contributed by atoms with Crippen molar-refractivity contribution >= 4 is 18.0 Å². The predicted molar refractivity (Wildman–Crippen MR) is 164 cm³/mol. The number of aromatic nitrogens is 1. The van der Waals surface area contributed by atoms with Gasteiger partial charge in [-0.05, 0) is 38.0 Å². The van der Waals surface area contributed by atoms with Crippen LogP contribution >= 0.6 is 0 Å². The summed E-state index contributed by atoms with van der Waals surface area (Å²) in [6.07, 6.45) is 2.79. The first-order valence-corrected chi connectivity index (χ1v) is 16.3. The van der Waals surface area contributed by atoms with Gasteiger partial charge in [0, 0.05) is 55.5 Å². The largest absolute Gasteiger partial charge is 0.456 e. The molecule has 12 atom stereocenters. The highest BCUT2D eigenvalue weighted by Gasteiger charge is 2.73. The number of H-pyrrole nitrogens is 1. The number of methoxy groups -OCH3 is 1. The molecule has 252 valence electrons. The highest BCUT2D eigenvalue weighted by atomic mass is 16.6. The van der Waals surface area contributed by atoms with E-state index in [0.29, 0.717) is 32.0 Å². The molecule has 0 aromatic carbocycles. The van der Waals surface area contributed by atoms with Crippen molar-refractivity contribution in [2.45, 2.75) is 83.3 Å². The number of carbonyl (C=O) groups excluding carboxylic acids is 3. The Morgan fingerprint density at radius 2 is 1.96 bits per heavy atom. The molecule has 2 aliphatic carbocycles. The minimum Gasteiger partial charge on any atom is -0.456 e.